The second-order valence-electron chi connectivity index (χ2n) is 8.58. The molecule has 0 saturated carbocycles. The van der Waals surface area contributed by atoms with Gasteiger partial charge in [-0.05, 0) is 16.7 Å². The van der Waals surface area contributed by atoms with E-state index < -0.39 is 6.29 Å². The first-order valence-corrected chi connectivity index (χ1v) is 12.1. The third-order valence-electron chi connectivity index (χ3n) is 5.84. The largest absolute Gasteiger partial charge is 0.374 e. The lowest BCUT2D eigenvalue weighted by atomic mass is 10.0. The van der Waals surface area contributed by atoms with Gasteiger partial charge in [0, 0.05) is 6.42 Å². The maximum absolute atomic E-state index is 6.41. The molecular formula is C30H34O5. The summed E-state index contributed by atoms with van der Waals surface area (Å²) in [5.74, 6) is 0. The Labute approximate surface area is 208 Å². The van der Waals surface area contributed by atoms with E-state index in [2.05, 4.69) is 30.8 Å². The monoisotopic (exact) mass is 474 g/mol. The zero-order chi connectivity index (χ0) is 24.1. The van der Waals surface area contributed by atoms with Crippen molar-refractivity contribution in [1.29, 1.82) is 0 Å². The van der Waals surface area contributed by atoms with Crippen molar-refractivity contribution < 1.29 is 23.7 Å². The third-order valence-corrected chi connectivity index (χ3v) is 5.84. The fraction of sp³-hybridized carbons (Fsp3) is 0.333. The average molecular weight is 475 g/mol. The first-order chi connectivity index (χ1) is 17.3. The minimum Gasteiger partial charge on any atom is -0.374 e. The highest BCUT2D eigenvalue weighted by molar-refractivity contribution is 5.15. The minimum atomic E-state index is -0.587. The zero-order valence-corrected chi connectivity index (χ0v) is 20.0. The molecule has 0 spiro atoms. The Bertz CT molecular complexity index is 979. The zero-order valence-electron chi connectivity index (χ0n) is 20.0. The molecule has 1 unspecified atom stereocenters. The summed E-state index contributed by atoms with van der Waals surface area (Å²) in [5, 5.41) is 0. The van der Waals surface area contributed by atoms with E-state index in [-0.39, 0.29) is 18.3 Å². The van der Waals surface area contributed by atoms with Gasteiger partial charge in [0.2, 0.25) is 0 Å². The smallest absolute Gasteiger partial charge is 0.187 e. The van der Waals surface area contributed by atoms with Crippen LogP contribution in [-0.4, -0.2) is 37.8 Å². The molecule has 1 saturated heterocycles. The highest BCUT2D eigenvalue weighted by Crippen LogP contribution is 2.28. The van der Waals surface area contributed by atoms with Crippen molar-refractivity contribution >= 4 is 0 Å². The van der Waals surface area contributed by atoms with Gasteiger partial charge in [0.1, 0.15) is 6.10 Å². The fourth-order valence-corrected chi connectivity index (χ4v) is 4.07. The van der Waals surface area contributed by atoms with Gasteiger partial charge in [-0.1, -0.05) is 97.1 Å². The Morgan fingerprint density at radius 1 is 0.714 bits per heavy atom. The van der Waals surface area contributed by atoms with Gasteiger partial charge in [0.25, 0.3) is 0 Å². The number of rotatable bonds is 13. The normalized spacial score (nSPS) is 22.1. The van der Waals surface area contributed by atoms with E-state index in [1.165, 1.54) is 0 Å². The Hall–Kier alpha value is -2.80. The Balaban J connectivity index is 1.43. The summed E-state index contributed by atoms with van der Waals surface area (Å²) < 4.78 is 31.1. The molecule has 4 rings (SSSR count). The first kappa shape index (κ1) is 25.3. The van der Waals surface area contributed by atoms with E-state index in [1.807, 2.05) is 66.7 Å². The van der Waals surface area contributed by atoms with E-state index in [0.29, 0.717) is 39.5 Å². The predicted octanol–water partition coefficient (Wildman–Crippen LogP) is 5.69. The molecule has 0 bridgehead atoms. The van der Waals surface area contributed by atoms with Gasteiger partial charge in [0.15, 0.2) is 6.29 Å². The summed E-state index contributed by atoms with van der Waals surface area (Å²) >= 11 is 0. The lowest BCUT2D eigenvalue weighted by molar-refractivity contribution is -0.290. The Morgan fingerprint density at radius 3 is 1.83 bits per heavy atom. The molecule has 5 heteroatoms. The van der Waals surface area contributed by atoms with Crippen molar-refractivity contribution in [2.24, 2.45) is 0 Å². The van der Waals surface area contributed by atoms with Crippen LogP contribution in [0.15, 0.2) is 104 Å². The Kier molecular flexibility index (Phi) is 10.1. The number of ether oxygens (including phenoxy) is 5. The summed E-state index contributed by atoms with van der Waals surface area (Å²) in [6, 6.07) is 30.4. The quantitative estimate of drug-likeness (QED) is 0.298. The van der Waals surface area contributed by atoms with Gasteiger partial charge in [-0.2, -0.15) is 0 Å². The van der Waals surface area contributed by atoms with Gasteiger partial charge in [-0.15, -0.1) is 6.58 Å². The van der Waals surface area contributed by atoms with E-state index in [1.54, 1.807) is 6.08 Å². The van der Waals surface area contributed by atoms with Crippen LogP contribution in [0.4, 0.5) is 0 Å². The van der Waals surface area contributed by atoms with Crippen LogP contribution >= 0.6 is 0 Å². The van der Waals surface area contributed by atoms with Crippen LogP contribution in [0.25, 0.3) is 0 Å². The molecule has 184 valence electrons. The molecule has 0 aromatic heterocycles. The third kappa shape index (κ3) is 8.13. The summed E-state index contributed by atoms with van der Waals surface area (Å²) in [5.41, 5.74) is 3.33. The van der Waals surface area contributed by atoms with Gasteiger partial charge in [-0.25, -0.2) is 0 Å². The molecule has 1 fully saturated rings. The molecular weight excluding hydrogens is 440 g/mol. The van der Waals surface area contributed by atoms with E-state index in [0.717, 1.165) is 16.7 Å². The second-order valence-corrected chi connectivity index (χ2v) is 8.58. The average Bonchev–Trinajstić information content (AvgIpc) is 2.91. The molecule has 1 aliphatic heterocycles. The van der Waals surface area contributed by atoms with Crippen LogP contribution < -0.4 is 0 Å². The van der Waals surface area contributed by atoms with Crippen LogP contribution in [0.1, 0.15) is 23.1 Å². The minimum absolute atomic E-state index is 0.175. The number of hydrogen-bond acceptors (Lipinski definition) is 5. The maximum atomic E-state index is 6.41. The van der Waals surface area contributed by atoms with Crippen LogP contribution in [0.2, 0.25) is 0 Å². The Morgan fingerprint density at radius 2 is 1.26 bits per heavy atom. The van der Waals surface area contributed by atoms with Gasteiger partial charge in [0.05, 0.1) is 45.2 Å². The molecule has 0 aliphatic carbocycles. The molecule has 0 amide bonds. The van der Waals surface area contributed by atoms with E-state index >= 15 is 0 Å². The van der Waals surface area contributed by atoms with Crippen LogP contribution in [0.5, 0.6) is 0 Å². The van der Waals surface area contributed by atoms with Crippen molar-refractivity contribution in [2.75, 3.05) is 13.2 Å². The highest BCUT2D eigenvalue weighted by atomic mass is 16.7. The van der Waals surface area contributed by atoms with Crippen molar-refractivity contribution in [1.82, 2.24) is 0 Å². The SMILES string of the molecule is C=CCOC1O[C@H](COCc2ccccc2)C[C@H](OCc2ccccc2)[C@H]1OCc1ccccc1. The molecule has 0 N–H and O–H groups in total. The maximum Gasteiger partial charge on any atom is 0.187 e. The lowest BCUT2D eigenvalue weighted by Gasteiger charge is -2.41. The van der Waals surface area contributed by atoms with Crippen molar-refractivity contribution in [3.8, 4) is 0 Å². The topological polar surface area (TPSA) is 46.2 Å². The summed E-state index contributed by atoms with van der Waals surface area (Å²) in [7, 11) is 0. The van der Waals surface area contributed by atoms with Crippen LogP contribution in [0.3, 0.4) is 0 Å². The number of benzene rings is 3. The molecule has 0 radical (unpaired) electrons. The molecule has 5 nitrogen and oxygen atoms in total. The van der Waals surface area contributed by atoms with Gasteiger partial charge in [-0.3, -0.25) is 0 Å². The van der Waals surface area contributed by atoms with Crippen LogP contribution in [-0.2, 0) is 43.5 Å². The molecule has 4 atom stereocenters. The first-order valence-electron chi connectivity index (χ1n) is 12.1. The molecule has 1 aliphatic rings. The standard InChI is InChI=1S/C30H34O5/c1-2-18-32-30-29(34-22-26-16-10-5-11-17-26)28(33-21-25-14-8-4-9-15-25)19-27(35-30)23-31-20-24-12-6-3-7-13-24/h2-17,27-30H,1,18-23H2/t27-,28-,29+,30?/m0/s1. The summed E-state index contributed by atoms with van der Waals surface area (Å²) in [6.07, 6.45) is 1.00. The van der Waals surface area contributed by atoms with E-state index in [9.17, 15) is 0 Å². The molecule has 3 aromatic rings. The molecule has 35 heavy (non-hydrogen) atoms. The molecule has 1 heterocycles. The van der Waals surface area contributed by atoms with Crippen molar-refractivity contribution in [2.45, 2.75) is 50.8 Å². The van der Waals surface area contributed by atoms with Gasteiger partial charge >= 0.3 is 0 Å². The lowest BCUT2D eigenvalue weighted by Crippen LogP contribution is -2.52. The summed E-state index contributed by atoms with van der Waals surface area (Å²) in [6.45, 7) is 6.05. The molecule has 3 aromatic carbocycles. The van der Waals surface area contributed by atoms with Gasteiger partial charge < -0.3 is 23.7 Å². The predicted molar refractivity (Wildman–Crippen MR) is 136 cm³/mol. The van der Waals surface area contributed by atoms with E-state index in [4.69, 9.17) is 23.7 Å². The second kappa shape index (κ2) is 13.9. The summed E-state index contributed by atoms with van der Waals surface area (Å²) in [4.78, 5) is 0. The van der Waals surface area contributed by atoms with Crippen molar-refractivity contribution in [3.05, 3.63) is 120 Å². The fourth-order valence-electron chi connectivity index (χ4n) is 4.07. The highest BCUT2D eigenvalue weighted by Gasteiger charge is 2.41. The van der Waals surface area contributed by atoms with Crippen molar-refractivity contribution in [3.63, 3.8) is 0 Å². The van der Waals surface area contributed by atoms with Crippen LogP contribution in [0, 0.1) is 0 Å². The number of hydrogen-bond donors (Lipinski definition) is 0.